The van der Waals surface area contributed by atoms with Gasteiger partial charge in [-0.3, -0.25) is 10.3 Å². The van der Waals surface area contributed by atoms with Crippen LogP contribution in [0.3, 0.4) is 0 Å². The van der Waals surface area contributed by atoms with Gasteiger partial charge in [-0.1, -0.05) is 6.58 Å². The quantitative estimate of drug-likeness (QED) is 0.696. The minimum absolute atomic E-state index is 0.346. The molecule has 90 valence electrons. The first-order valence-electron chi connectivity index (χ1n) is 5.31. The van der Waals surface area contributed by atoms with Crippen LogP contribution in [-0.4, -0.2) is 25.0 Å². The molecule has 6 nitrogen and oxygen atoms in total. The average Bonchev–Trinajstić information content (AvgIpc) is 2.73. The minimum atomic E-state index is 0.346. The van der Waals surface area contributed by atoms with Crippen molar-refractivity contribution in [2.45, 2.75) is 6.42 Å². The number of nitrogens with one attached hydrogen (secondary N) is 2. The number of furan rings is 1. The Hall–Kier alpha value is -2.24. The maximum Gasteiger partial charge on any atom is 0.202 e. The lowest BCUT2D eigenvalue weighted by molar-refractivity contribution is 0.564. The number of nitrogens with zero attached hydrogens (tertiary/aromatic N) is 2. The molecule has 0 spiro atoms. The van der Waals surface area contributed by atoms with E-state index in [1.54, 1.807) is 12.5 Å². The van der Waals surface area contributed by atoms with Crippen LogP contribution in [-0.2, 0) is 6.42 Å². The van der Waals surface area contributed by atoms with Crippen molar-refractivity contribution in [1.29, 1.82) is 0 Å². The number of hydrogen-bond donors (Lipinski definition) is 3. The Bertz CT molecular complexity index is 446. The highest BCUT2D eigenvalue weighted by Gasteiger charge is 2.07. The van der Waals surface area contributed by atoms with Crippen LogP contribution < -0.4 is 16.4 Å². The maximum atomic E-state index is 5.62. The summed E-state index contributed by atoms with van der Waals surface area (Å²) >= 11 is 0. The van der Waals surface area contributed by atoms with Gasteiger partial charge in [0.25, 0.3) is 0 Å². The molecule has 0 bridgehead atoms. The predicted molar refractivity (Wildman–Crippen MR) is 66.6 cm³/mol. The number of aliphatic imine (C=N–C) groups is 2. The molecule has 0 atom stereocenters. The second-order valence-corrected chi connectivity index (χ2v) is 3.67. The van der Waals surface area contributed by atoms with Crippen LogP contribution in [0.1, 0.15) is 5.56 Å². The van der Waals surface area contributed by atoms with Gasteiger partial charge in [0.2, 0.25) is 5.96 Å². The summed E-state index contributed by atoms with van der Waals surface area (Å²) in [6, 6.07) is 1.92. The van der Waals surface area contributed by atoms with Crippen LogP contribution in [0.2, 0.25) is 0 Å². The average molecular weight is 233 g/mol. The molecule has 2 heterocycles. The lowest BCUT2D eigenvalue weighted by atomic mass is 10.2. The third-order valence-corrected chi connectivity index (χ3v) is 2.23. The lowest BCUT2D eigenvalue weighted by Crippen LogP contribution is -2.42. The molecule has 1 aromatic heterocycles. The zero-order valence-corrected chi connectivity index (χ0v) is 9.44. The molecule has 0 saturated carbocycles. The number of guanidine groups is 2. The van der Waals surface area contributed by atoms with E-state index in [0.717, 1.165) is 17.7 Å². The summed E-state index contributed by atoms with van der Waals surface area (Å²) in [6.07, 6.45) is 4.17. The summed E-state index contributed by atoms with van der Waals surface area (Å²) in [5, 5.41) is 5.89. The lowest BCUT2D eigenvalue weighted by Gasteiger charge is -2.07. The molecule has 0 aliphatic carbocycles. The molecule has 1 aromatic rings. The van der Waals surface area contributed by atoms with Crippen LogP contribution in [0.5, 0.6) is 0 Å². The second-order valence-electron chi connectivity index (χ2n) is 3.67. The van der Waals surface area contributed by atoms with E-state index in [4.69, 9.17) is 10.2 Å². The summed E-state index contributed by atoms with van der Waals surface area (Å²) in [4.78, 5) is 8.39. The van der Waals surface area contributed by atoms with Gasteiger partial charge in [0.15, 0.2) is 5.96 Å². The molecule has 0 unspecified atom stereocenters. The molecule has 17 heavy (non-hydrogen) atoms. The highest BCUT2D eigenvalue weighted by atomic mass is 16.3. The predicted octanol–water partition coefficient (Wildman–Crippen LogP) is 0.199. The standard InChI is InChI=1S/C11H15N5O/c1-8-6-14-10(12)16-11(15-8)13-4-2-9-3-5-17-7-9/h3,5,7H,1-2,4,6H2,(H4,12,13,14,15,16). The van der Waals surface area contributed by atoms with Gasteiger partial charge in [0.05, 0.1) is 19.1 Å². The number of nitrogens with two attached hydrogens (primary N) is 1. The molecule has 0 aromatic carbocycles. The monoisotopic (exact) mass is 233 g/mol. The zero-order chi connectivity index (χ0) is 12.1. The fourth-order valence-corrected chi connectivity index (χ4v) is 1.39. The highest BCUT2D eigenvalue weighted by Crippen LogP contribution is 2.00. The van der Waals surface area contributed by atoms with Gasteiger partial charge in [0.1, 0.15) is 0 Å². The zero-order valence-electron chi connectivity index (χ0n) is 9.44. The Kier molecular flexibility index (Phi) is 3.44. The highest BCUT2D eigenvalue weighted by molar-refractivity contribution is 5.99. The summed E-state index contributed by atoms with van der Waals surface area (Å²) in [5.41, 5.74) is 7.49. The Morgan fingerprint density at radius 1 is 1.53 bits per heavy atom. The van der Waals surface area contributed by atoms with Crippen LogP contribution >= 0.6 is 0 Å². The first kappa shape index (κ1) is 11.3. The molecule has 1 aliphatic heterocycles. The van der Waals surface area contributed by atoms with Gasteiger partial charge < -0.3 is 15.5 Å². The van der Waals surface area contributed by atoms with Gasteiger partial charge in [-0.25, -0.2) is 4.99 Å². The molecule has 6 heteroatoms. The first-order valence-corrected chi connectivity index (χ1v) is 5.31. The maximum absolute atomic E-state index is 5.62. The number of rotatable bonds is 3. The third-order valence-electron chi connectivity index (χ3n) is 2.23. The summed E-state index contributed by atoms with van der Waals surface area (Å²) < 4.78 is 4.98. The molecule has 4 N–H and O–H groups in total. The normalized spacial score (nSPS) is 18.2. The topological polar surface area (TPSA) is 87.9 Å². The van der Waals surface area contributed by atoms with E-state index >= 15 is 0 Å². The Morgan fingerprint density at radius 3 is 3.18 bits per heavy atom. The van der Waals surface area contributed by atoms with Crippen molar-refractivity contribution in [3.05, 3.63) is 36.4 Å². The van der Waals surface area contributed by atoms with Gasteiger partial charge >= 0.3 is 0 Å². The van der Waals surface area contributed by atoms with Crippen LogP contribution in [0, 0.1) is 0 Å². The van der Waals surface area contributed by atoms with E-state index in [0.29, 0.717) is 25.0 Å². The van der Waals surface area contributed by atoms with Gasteiger partial charge in [0, 0.05) is 12.2 Å². The van der Waals surface area contributed by atoms with Crippen molar-refractivity contribution in [3.8, 4) is 0 Å². The smallest absolute Gasteiger partial charge is 0.202 e. The molecule has 2 rings (SSSR count). The van der Waals surface area contributed by atoms with Gasteiger partial charge in [-0.15, -0.1) is 0 Å². The second kappa shape index (κ2) is 5.20. The number of hydrogen-bond acceptors (Lipinski definition) is 4. The van der Waals surface area contributed by atoms with E-state index in [-0.39, 0.29) is 0 Å². The van der Waals surface area contributed by atoms with E-state index in [1.165, 1.54) is 0 Å². The van der Waals surface area contributed by atoms with Crippen molar-refractivity contribution < 1.29 is 4.42 Å². The van der Waals surface area contributed by atoms with Crippen molar-refractivity contribution in [2.24, 2.45) is 15.7 Å². The molecular weight excluding hydrogens is 218 g/mol. The van der Waals surface area contributed by atoms with E-state index in [2.05, 4.69) is 27.2 Å². The first-order chi connectivity index (χ1) is 8.24. The SMILES string of the molecule is C=C1CN=C(N)NC(=NCCc2ccoc2)N1. The van der Waals surface area contributed by atoms with Crippen LogP contribution in [0.25, 0.3) is 0 Å². The molecular formula is C11H15N5O. The Balaban J connectivity index is 1.92. The minimum Gasteiger partial charge on any atom is -0.472 e. The fraction of sp³-hybridized carbons (Fsp3) is 0.273. The van der Waals surface area contributed by atoms with E-state index in [1.807, 2.05) is 6.07 Å². The van der Waals surface area contributed by atoms with Crippen molar-refractivity contribution >= 4 is 11.9 Å². The van der Waals surface area contributed by atoms with Gasteiger partial charge in [-0.2, -0.15) is 0 Å². The molecule has 0 amide bonds. The molecule has 1 aliphatic rings. The molecule has 0 fully saturated rings. The Morgan fingerprint density at radius 2 is 2.41 bits per heavy atom. The summed E-state index contributed by atoms with van der Waals surface area (Å²) in [7, 11) is 0. The third kappa shape index (κ3) is 3.37. The largest absolute Gasteiger partial charge is 0.472 e. The Labute approximate surface area is 99.3 Å². The molecule has 0 saturated heterocycles. The van der Waals surface area contributed by atoms with Crippen molar-refractivity contribution in [1.82, 2.24) is 10.6 Å². The summed E-state index contributed by atoms with van der Waals surface area (Å²) in [6.45, 7) is 4.90. The van der Waals surface area contributed by atoms with Crippen molar-refractivity contribution in [2.75, 3.05) is 13.1 Å². The molecule has 0 radical (unpaired) electrons. The fourth-order valence-electron chi connectivity index (χ4n) is 1.39. The van der Waals surface area contributed by atoms with E-state index in [9.17, 15) is 0 Å². The van der Waals surface area contributed by atoms with Crippen LogP contribution in [0.15, 0.2) is 45.3 Å². The van der Waals surface area contributed by atoms with Crippen molar-refractivity contribution in [3.63, 3.8) is 0 Å². The van der Waals surface area contributed by atoms with Gasteiger partial charge in [-0.05, 0) is 18.1 Å². The van der Waals surface area contributed by atoms with Crippen LogP contribution in [0.4, 0.5) is 0 Å². The summed E-state index contributed by atoms with van der Waals surface area (Å²) in [5.74, 6) is 0.926. The van der Waals surface area contributed by atoms with E-state index < -0.39 is 0 Å².